The third kappa shape index (κ3) is 3.98. The van der Waals surface area contributed by atoms with Crippen LogP contribution in [0, 0.1) is 11.8 Å². The van der Waals surface area contributed by atoms with Crippen LogP contribution >= 0.6 is 23.2 Å². The van der Waals surface area contributed by atoms with E-state index in [2.05, 4.69) is 0 Å². The van der Waals surface area contributed by atoms with E-state index in [-0.39, 0.29) is 18.3 Å². The Labute approximate surface area is 134 Å². The second-order valence-corrected chi connectivity index (χ2v) is 6.10. The highest BCUT2D eigenvalue weighted by molar-refractivity contribution is 6.42. The standard InChI is InChI=1S/C16H18Cl2O3/c1-2-21-16(20)12(15(19)11-4-3-5-11)8-10-6-7-13(17)14(18)9-10/h6-7,9,11-12H,2-5,8H2,1H3. The number of hydrogen-bond donors (Lipinski definition) is 0. The Hall–Kier alpha value is -1.06. The fourth-order valence-electron chi connectivity index (χ4n) is 2.42. The quantitative estimate of drug-likeness (QED) is 0.583. The summed E-state index contributed by atoms with van der Waals surface area (Å²) in [7, 11) is 0. The molecule has 0 radical (unpaired) electrons. The normalized spacial score (nSPS) is 16.1. The predicted molar refractivity (Wildman–Crippen MR) is 82.6 cm³/mol. The van der Waals surface area contributed by atoms with Crippen molar-refractivity contribution in [3.05, 3.63) is 33.8 Å². The molecule has 1 atom stereocenters. The van der Waals surface area contributed by atoms with Gasteiger partial charge in [0, 0.05) is 5.92 Å². The molecule has 1 aromatic carbocycles. The SMILES string of the molecule is CCOC(=O)C(Cc1ccc(Cl)c(Cl)c1)C(=O)C1CCC1. The van der Waals surface area contributed by atoms with Crippen LogP contribution in [0.3, 0.4) is 0 Å². The van der Waals surface area contributed by atoms with E-state index in [0.717, 1.165) is 24.8 Å². The van der Waals surface area contributed by atoms with E-state index in [1.807, 2.05) is 0 Å². The summed E-state index contributed by atoms with van der Waals surface area (Å²) in [6.45, 7) is 2.01. The van der Waals surface area contributed by atoms with Crippen molar-refractivity contribution in [1.82, 2.24) is 0 Å². The highest BCUT2D eigenvalue weighted by atomic mass is 35.5. The number of rotatable bonds is 6. The van der Waals surface area contributed by atoms with Crippen LogP contribution < -0.4 is 0 Å². The molecular formula is C16H18Cl2O3. The molecule has 0 aliphatic heterocycles. The van der Waals surface area contributed by atoms with Crippen LogP contribution in [0.25, 0.3) is 0 Å². The highest BCUT2D eigenvalue weighted by Crippen LogP contribution is 2.32. The van der Waals surface area contributed by atoms with E-state index in [1.54, 1.807) is 25.1 Å². The minimum Gasteiger partial charge on any atom is -0.465 e. The number of hydrogen-bond acceptors (Lipinski definition) is 3. The van der Waals surface area contributed by atoms with Crippen LogP contribution in [0.15, 0.2) is 18.2 Å². The number of esters is 1. The molecular weight excluding hydrogens is 311 g/mol. The predicted octanol–water partition coefficient (Wildman–Crippen LogP) is 4.08. The lowest BCUT2D eigenvalue weighted by atomic mass is 9.76. The number of benzene rings is 1. The maximum Gasteiger partial charge on any atom is 0.316 e. The van der Waals surface area contributed by atoms with Gasteiger partial charge < -0.3 is 4.74 Å². The molecule has 0 saturated heterocycles. The molecule has 114 valence electrons. The maximum atomic E-state index is 12.4. The molecule has 1 aromatic rings. The van der Waals surface area contributed by atoms with Gasteiger partial charge in [-0.05, 0) is 43.9 Å². The lowest BCUT2D eigenvalue weighted by molar-refractivity contribution is -0.153. The van der Waals surface area contributed by atoms with Crippen molar-refractivity contribution < 1.29 is 14.3 Å². The van der Waals surface area contributed by atoms with Gasteiger partial charge in [0.2, 0.25) is 0 Å². The first kappa shape index (κ1) is 16.3. The fraction of sp³-hybridized carbons (Fsp3) is 0.500. The molecule has 0 spiro atoms. The maximum absolute atomic E-state index is 12.4. The van der Waals surface area contributed by atoms with E-state index in [4.69, 9.17) is 27.9 Å². The summed E-state index contributed by atoms with van der Waals surface area (Å²) in [6, 6.07) is 5.16. The lowest BCUT2D eigenvalue weighted by Crippen LogP contribution is -2.35. The van der Waals surface area contributed by atoms with Crippen molar-refractivity contribution in [2.24, 2.45) is 11.8 Å². The van der Waals surface area contributed by atoms with E-state index >= 15 is 0 Å². The topological polar surface area (TPSA) is 43.4 Å². The molecule has 1 aliphatic carbocycles. The first-order valence-electron chi connectivity index (χ1n) is 7.17. The van der Waals surface area contributed by atoms with Gasteiger partial charge in [0.25, 0.3) is 0 Å². The van der Waals surface area contributed by atoms with Crippen molar-refractivity contribution in [2.75, 3.05) is 6.61 Å². The molecule has 3 nitrogen and oxygen atoms in total. The van der Waals surface area contributed by atoms with Crippen LogP contribution in [-0.4, -0.2) is 18.4 Å². The number of halogens is 2. The Morgan fingerprint density at radius 3 is 2.52 bits per heavy atom. The van der Waals surface area contributed by atoms with Crippen LogP contribution in [0.1, 0.15) is 31.7 Å². The van der Waals surface area contributed by atoms with Gasteiger partial charge in [-0.1, -0.05) is 35.7 Å². The first-order valence-corrected chi connectivity index (χ1v) is 7.92. The van der Waals surface area contributed by atoms with Gasteiger partial charge in [-0.2, -0.15) is 0 Å². The van der Waals surface area contributed by atoms with Gasteiger partial charge in [-0.3, -0.25) is 9.59 Å². The fourth-order valence-corrected chi connectivity index (χ4v) is 2.74. The Bertz CT molecular complexity index is 538. The van der Waals surface area contributed by atoms with Crippen LogP contribution in [0.2, 0.25) is 10.0 Å². The highest BCUT2D eigenvalue weighted by Gasteiger charge is 2.36. The van der Waals surface area contributed by atoms with E-state index in [9.17, 15) is 9.59 Å². The van der Waals surface area contributed by atoms with Gasteiger partial charge >= 0.3 is 5.97 Å². The Morgan fingerprint density at radius 2 is 2.00 bits per heavy atom. The molecule has 5 heteroatoms. The summed E-state index contributed by atoms with van der Waals surface area (Å²) in [5.41, 5.74) is 0.815. The van der Waals surface area contributed by atoms with Crippen molar-refractivity contribution in [3.8, 4) is 0 Å². The molecule has 0 amide bonds. The molecule has 0 aromatic heterocycles. The minimum absolute atomic E-state index is 0.00202. The van der Waals surface area contributed by atoms with E-state index < -0.39 is 11.9 Å². The third-order valence-corrected chi connectivity index (χ3v) is 4.58. The molecule has 1 aliphatic rings. The molecule has 1 saturated carbocycles. The number of carbonyl (C=O) groups is 2. The average Bonchev–Trinajstić information content (AvgIpc) is 2.38. The molecule has 0 heterocycles. The smallest absolute Gasteiger partial charge is 0.316 e. The number of ether oxygens (including phenoxy) is 1. The summed E-state index contributed by atoms with van der Waals surface area (Å²) in [5, 5.41) is 0.881. The van der Waals surface area contributed by atoms with Gasteiger partial charge in [-0.15, -0.1) is 0 Å². The molecule has 1 unspecified atom stereocenters. The zero-order valence-corrected chi connectivity index (χ0v) is 13.4. The van der Waals surface area contributed by atoms with E-state index in [0.29, 0.717) is 16.5 Å². The largest absolute Gasteiger partial charge is 0.465 e. The second kappa shape index (κ2) is 7.28. The Morgan fingerprint density at radius 1 is 1.29 bits per heavy atom. The average molecular weight is 329 g/mol. The zero-order chi connectivity index (χ0) is 15.4. The third-order valence-electron chi connectivity index (χ3n) is 3.85. The summed E-state index contributed by atoms with van der Waals surface area (Å²) < 4.78 is 5.05. The second-order valence-electron chi connectivity index (χ2n) is 5.29. The summed E-state index contributed by atoms with van der Waals surface area (Å²) in [5.74, 6) is -1.19. The zero-order valence-electron chi connectivity index (χ0n) is 11.9. The number of carbonyl (C=O) groups excluding carboxylic acids is 2. The van der Waals surface area contributed by atoms with Gasteiger partial charge in [0.1, 0.15) is 5.92 Å². The van der Waals surface area contributed by atoms with Crippen LogP contribution in [-0.2, 0) is 20.7 Å². The van der Waals surface area contributed by atoms with Crippen LogP contribution in [0.5, 0.6) is 0 Å². The monoisotopic (exact) mass is 328 g/mol. The van der Waals surface area contributed by atoms with Crippen molar-refractivity contribution in [1.29, 1.82) is 0 Å². The van der Waals surface area contributed by atoms with Gasteiger partial charge in [-0.25, -0.2) is 0 Å². The van der Waals surface area contributed by atoms with Crippen LogP contribution in [0.4, 0.5) is 0 Å². The summed E-state index contributed by atoms with van der Waals surface area (Å²) in [6.07, 6.45) is 3.11. The number of Topliss-reactive ketones (excluding diaryl/α,β-unsaturated/α-hetero) is 1. The minimum atomic E-state index is -0.743. The van der Waals surface area contributed by atoms with Gasteiger partial charge in [0.15, 0.2) is 5.78 Å². The molecule has 2 rings (SSSR count). The molecule has 1 fully saturated rings. The molecule has 21 heavy (non-hydrogen) atoms. The Balaban J connectivity index is 2.15. The lowest BCUT2D eigenvalue weighted by Gasteiger charge is -2.27. The first-order chi connectivity index (χ1) is 10.0. The van der Waals surface area contributed by atoms with Gasteiger partial charge in [0.05, 0.1) is 16.7 Å². The summed E-state index contributed by atoms with van der Waals surface area (Å²) in [4.78, 5) is 24.5. The van der Waals surface area contributed by atoms with Crippen molar-refractivity contribution in [3.63, 3.8) is 0 Å². The molecule has 0 N–H and O–H groups in total. The Kier molecular flexibility index (Phi) is 5.65. The summed E-state index contributed by atoms with van der Waals surface area (Å²) >= 11 is 11.9. The van der Waals surface area contributed by atoms with E-state index in [1.165, 1.54) is 0 Å². The molecule has 0 bridgehead atoms. The van der Waals surface area contributed by atoms with Crippen molar-refractivity contribution in [2.45, 2.75) is 32.6 Å². The van der Waals surface area contributed by atoms with Crippen molar-refractivity contribution >= 4 is 35.0 Å². The number of ketones is 1.